The van der Waals surface area contributed by atoms with Crippen LogP contribution in [0.5, 0.6) is 0 Å². The van der Waals surface area contributed by atoms with Crippen LogP contribution in [0.1, 0.15) is 5.69 Å². The molecule has 3 aromatic rings. The molecule has 0 unspecified atom stereocenters. The fraction of sp³-hybridized carbons (Fsp3) is 0.125. The van der Waals surface area contributed by atoms with Crippen LogP contribution < -0.4 is 5.32 Å². The predicted octanol–water partition coefficient (Wildman–Crippen LogP) is 2.68. The first-order chi connectivity index (χ1) is 11.7. The molecule has 0 saturated heterocycles. The van der Waals surface area contributed by atoms with Crippen LogP contribution in [0.25, 0.3) is 11.3 Å². The summed E-state index contributed by atoms with van der Waals surface area (Å²) in [4.78, 5) is 19.9. The minimum atomic E-state index is -0.314. The quantitative estimate of drug-likeness (QED) is 0.547. The first-order valence-electron chi connectivity index (χ1n) is 7.09. The molecule has 1 amide bonds. The van der Waals surface area contributed by atoms with E-state index in [4.69, 9.17) is 4.52 Å². The number of benzene rings is 1. The Morgan fingerprint density at radius 3 is 2.71 bits per heavy atom. The summed E-state index contributed by atoms with van der Waals surface area (Å²) in [7, 11) is 0. The first-order valence-corrected chi connectivity index (χ1v) is 8.07. The summed E-state index contributed by atoms with van der Waals surface area (Å²) >= 11 is 1.25. The molecular weight excluding hydrogens is 331 g/mol. The average molecular weight is 344 g/mol. The molecule has 6 nitrogen and oxygen atoms in total. The third-order valence-electron chi connectivity index (χ3n) is 3.03. The molecule has 0 fully saturated rings. The lowest BCUT2D eigenvalue weighted by Gasteiger charge is -2.01. The SMILES string of the molecule is O=C(CSc1ncccn1)NCc1cc(-c2ccc(F)cc2)on1. The lowest BCUT2D eigenvalue weighted by molar-refractivity contribution is -0.118. The molecular formula is C16H13FN4O2S. The van der Waals surface area contributed by atoms with Gasteiger partial charge in [0.25, 0.3) is 0 Å². The van der Waals surface area contributed by atoms with E-state index in [-0.39, 0.29) is 24.0 Å². The normalized spacial score (nSPS) is 10.5. The largest absolute Gasteiger partial charge is 0.356 e. The molecule has 2 heterocycles. The van der Waals surface area contributed by atoms with E-state index >= 15 is 0 Å². The summed E-state index contributed by atoms with van der Waals surface area (Å²) in [6, 6.07) is 9.34. The van der Waals surface area contributed by atoms with Gasteiger partial charge in [-0.2, -0.15) is 0 Å². The fourth-order valence-electron chi connectivity index (χ4n) is 1.88. The van der Waals surface area contributed by atoms with Crippen LogP contribution in [-0.2, 0) is 11.3 Å². The maximum absolute atomic E-state index is 12.9. The minimum Gasteiger partial charge on any atom is -0.356 e. The van der Waals surface area contributed by atoms with Gasteiger partial charge in [-0.05, 0) is 30.3 Å². The predicted molar refractivity (Wildman–Crippen MR) is 86.5 cm³/mol. The van der Waals surface area contributed by atoms with Crippen LogP contribution in [0, 0.1) is 5.82 Å². The summed E-state index contributed by atoms with van der Waals surface area (Å²) in [6.07, 6.45) is 3.25. The van der Waals surface area contributed by atoms with Crippen LogP contribution in [0.15, 0.2) is 58.5 Å². The monoisotopic (exact) mass is 344 g/mol. The van der Waals surface area contributed by atoms with Crippen molar-refractivity contribution in [1.29, 1.82) is 0 Å². The van der Waals surface area contributed by atoms with Crippen molar-refractivity contribution in [2.75, 3.05) is 5.75 Å². The Hall–Kier alpha value is -2.74. The first kappa shape index (κ1) is 16.1. The van der Waals surface area contributed by atoms with Gasteiger partial charge in [-0.3, -0.25) is 4.79 Å². The van der Waals surface area contributed by atoms with Gasteiger partial charge in [-0.25, -0.2) is 14.4 Å². The molecule has 0 radical (unpaired) electrons. The number of carbonyl (C=O) groups excluding carboxylic acids is 1. The van der Waals surface area contributed by atoms with Gasteiger partial charge < -0.3 is 9.84 Å². The highest BCUT2D eigenvalue weighted by Crippen LogP contribution is 2.20. The zero-order valence-corrected chi connectivity index (χ0v) is 13.3. The van der Waals surface area contributed by atoms with Crippen LogP contribution in [-0.4, -0.2) is 26.8 Å². The van der Waals surface area contributed by atoms with Crippen LogP contribution in [0.3, 0.4) is 0 Å². The van der Waals surface area contributed by atoms with Gasteiger partial charge in [0.2, 0.25) is 5.91 Å². The number of carbonyl (C=O) groups is 1. The van der Waals surface area contributed by atoms with Gasteiger partial charge in [0.15, 0.2) is 10.9 Å². The van der Waals surface area contributed by atoms with Crippen LogP contribution >= 0.6 is 11.8 Å². The fourth-order valence-corrected chi connectivity index (χ4v) is 2.51. The Bertz CT molecular complexity index is 808. The maximum atomic E-state index is 12.9. The van der Waals surface area contributed by atoms with E-state index in [9.17, 15) is 9.18 Å². The van der Waals surface area contributed by atoms with Crippen molar-refractivity contribution in [3.63, 3.8) is 0 Å². The summed E-state index contributed by atoms with van der Waals surface area (Å²) in [5, 5.41) is 7.18. The summed E-state index contributed by atoms with van der Waals surface area (Å²) in [5.41, 5.74) is 1.31. The second-order valence-corrected chi connectivity index (χ2v) is 5.73. The zero-order valence-electron chi connectivity index (χ0n) is 12.5. The Balaban J connectivity index is 1.50. The van der Waals surface area contributed by atoms with Crippen molar-refractivity contribution in [3.05, 3.63) is 60.3 Å². The summed E-state index contributed by atoms with van der Waals surface area (Å²) in [6.45, 7) is 0.250. The molecule has 0 atom stereocenters. The van der Waals surface area contributed by atoms with Gasteiger partial charge in [-0.1, -0.05) is 16.9 Å². The number of rotatable bonds is 6. The highest BCUT2D eigenvalue weighted by atomic mass is 32.2. The lowest BCUT2D eigenvalue weighted by Crippen LogP contribution is -2.24. The Labute approximate surface area is 141 Å². The van der Waals surface area contributed by atoms with Crippen molar-refractivity contribution in [1.82, 2.24) is 20.4 Å². The van der Waals surface area contributed by atoms with E-state index < -0.39 is 0 Å². The van der Waals surface area contributed by atoms with E-state index in [0.29, 0.717) is 16.6 Å². The highest BCUT2D eigenvalue weighted by molar-refractivity contribution is 7.99. The lowest BCUT2D eigenvalue weighted by atomic mass is 10.1. The second-order valence-electron chi connectivity index (χ2n) is 4.79. The summed E-state index contributed by atoms with van der Waals surface area (Å²) < 4.78 is 18.1. The highest BCUT2D eigenvalue weighted by Gasteiger charge is 2.09. The van der Waals surface area contributed by atoms with Gasteiger partial charge in [0.1, 0.15) is 11.5 Å². The number of thioether (sulfide) groups is 1. The van der Waals surface area contributed by atoms with Gasteiger partial charge >= 0.3 is 0 Å². The molecule has 0 aliphatic heterocycles. The van der Waals surface area contributed by atoms with Gasteiger partial charge in [0, 0.05) is 24.0 Å². The number of hydrogen-bond acceptors (Lipinski definition) is 6. The van der Waals surface area contributed by atoms with E-state index in [0.717, 1.165) is 5.56 Å². The van der Waals surface area contributed by atoms with Crippen molar-refractivity contribution in [3.8, 4) is 11.3 Å². The summed E-state index contributed by atoms with van der Waals surface area (Å²) in [5.74, 6) is 0.267. The smallest absolute Gasteiger partial charge is 0.230 e. The molecule has 3 rings (SSSR count). The zero-order chi connectivity index (χ0) is 16.8. The van der Waals surface area contributed by atoms with Crippen molar-refractivity contribution in [2.24, 2.45) is 0 Å². The third kappa shape index (κ3) is 4.39. The van der Waals surface area contributed by atoms with Crippen molar-refractivity contribution < 1.29 is 13.7 Å². The molecule has 0 saturated carbocycles. The molecule has 0 bridgehead atoms. The number of nitrogens with one attached hydrogen (secondary N) is 1. The molecule has 0 spiro atoms. The molecule has 8 heteroatoms. The molecule has 2 aromatic heterocycles. The van der Waals surface area contributed by atoms with Crippen molar-refractivity contribution >= 4 is 17.7 Å². The average Bonchev–Trinajstić information content (AvgIpc) is 3.09. The van der Waals surface area contributed by atoms with Crippen LogP contribution in [0.2, 0.25) is 0 Å². The molecule has 122 valence electrons. The Morgan fingerprint density at radius 1 is 1.21 bits per heavy atom. The Kier molecular flexibility index (Phi) is 5.17. The molecule has 1 aromatic carbocycles. The van der Waals surface area contributed by atoms with Crippen molar-refractivity contribution in [2.45, 2.75) is 11.7 Å². The van der Waals surface area contributed by atoms with E-state index in [1.807, 2.05) is 0 Å². The number of halogens is 1. The maximum Gasteiger partial charge on any atom is 0.230 e. The topological polar surface area (TPSA) is 80.9 Å². The number of nitrogens with zero attached hydrogens (tertiary/aromatic N) is 3. The standard InChI is InChI=1S/C16H13FN4O2S/c17-12-4-2-11(3-5-12)14-8-13(21-23-14)9-20-15(22)10-24-16-18-6-1-7-19-16/h1-8H,9-10H2,(H,20,22). The number of amides is 1. The third-order valence-corrected chi connectivity index (χ3v) is 3.90. The van der Waals surface area contributed by atoms with Gasteiger partial charge in [0.05, 0.1) is 12.3 Å². The molecule has 24 heavy (non-hydrogen) atoms. The Morgan fingerprint density at radius 2 is 1.96 bits per heavy atom. The van der Waals surface area contributed by atoms with Crippen LogP contribution in [0.4, 0.5) is 4.39 Å². The van der Waals surface area contributed by atoms with Gasteiger partial charge in [-0.15, -0.1) is 0 Å². The minimum absolute atomic E-state index is 0.154. The number of aromatic nitrogens is 3. The number of hydrogen-bond donors (Lipinski definition) is 1. The molecule has 1 N–H and O–H groups in total. The molecule has 0 aliphatic carbocycles. The van der Waals surface area contributed by atoms with E-state index in [1.54, 1.807) is 36.7 Å². The van der Waals surface area contributed by atoms with E-state index in [2.05, 4.69) is 20.4 Å². The second kappa shape index (κ2) is 7.69. The van der Waals surface area contributed by atoms with E-state index in [1.165, 1.54) is 23.9 Å². The molecule has 0 aliphatic rings.